The minimum absolute atomic E-state index is 0.0458. The maximum absolute atomic E-state index is 14.7. The van der Waals surface area contributed by atoms with Crippen molar-refractivity contribution in [3.8, 4) is 0 Å². The number of hydrogen-bond donors (Lipinski definition) is 1. The fraction of sp³-hybridized carbons (Fsp3) is 0.828. The molecule has 8 nitrogen and oxygen atoms in total. The lowest BCUT2D eigenvalue weighted by Crippen LogP contribution is -2.62. The molecule has 3 heterocycles. The van der Waals surface area contributed by atoms with Crippen LogP contribution < -0.4 is 0 Å². The van der Waals surface area contributed by atoms with Gasteiger partial charge in [0, 0.05) is 12.1 Å². The van der Waals surface area contributed by atoms with Crippen LogP contribution in [-0.4, -0.2) is 81.3 Å². The van der Waals surface area contributed by atoms with Crippen molar-refractivity contribution in [1.82, 2.24) is 9.80 Å². The molecule has 3 aliphatic rings. The van der Waals surface area contributed by atoms with Gasteiger partial charge in [0.1, 0.15) is 17.6 Å². The molecule has 210 valence electrons. The third kappa shape index (κ3) is 4.73. The van der Waals surface area contributed by atoms with Gasteiger partial charge in [-0.3, -0.25) is 14.4 Å². The van der Waals surface area contributed by atoms with Crippen LogP contribution in [0.4, 0.5) is 0 Å². The summed E-state index contributed by atoms with van der Waals surface area (Å²) in [4.78, 5) is 45.6. The summed E-state index contributed by atoms with van der Waals surface area (Å²) in [5.74, 6) is -2.53. The van der Waals surface area contributed by atoms with Crippen molar-refractivity contribution in [3.63, 3.8) is 0 Å². The predicted molar refractivity (Wildman–Crippen MR) is 142 cm³/mol. The van der Waals surface area contributed by atoms with Crippen molar-refractivity contribution >= 4 is 17.8 Å². The first kappa shape index (κ1) is 29.6. The first-order chi connectivity index (χ1) is 17.2. The van der Waals surface area contributed by atoms with Crippen molar-refractivity contribution < 1.29 is 29.0 Å². The average molecular weight is 521 g/mol. The van der Waals surface area contributed by atoms with Crippen molar-refractivity contribution in [1.29, 1.82) is 0 Å². The van der Waals surface area contributed by atoms with Gasteiger partial charge in [-0.15, -0.1) is 6.58 Å². The summed E-state index contributed by atoms with van der Waals surface area (Å²) in [6.45, 7) is 20.3. The Morgan fingerprint density at radius 1 is 1.24 bits per heavy atom. The third-order valence-corrected chi connectivity index (χ3v) is 8.74. The van der Waals surface area contributed by atoms with Crippen LogP contribution in [0.25, 0.3) is 0 Å². The lowest BCUT2D eigenvalue weighted by molar-refractivity contribution is -0.164. The number of nitrogens with zero attached hydrogens (tertiary/aromatic N) is 2. The summed E-state index contributed by atoms with van der Waals surface area (Å²) in [7, 11) is 0. The molecule has 0 aromatic carbocycles. The molecular formula is C29H48N2O6. The molecule has 1 spiro atoms. The number of rotatable bonds is 11. The highest BCUT2D eigenvalue weighted by molar-refractivity contribution is 5.99. The summed E-state index contributed by atoms with van der Waals surface area (Å²) in [5.41, 5.74) is -2.55. The molecule has 3 rings (SSSR count). The highest BCUT2D eigenvalue weighted by Gasteiger charge is 2.79. The Balaban J connectivity index is 2.18. The average Bonchev–Trinajstić information content (AvgIpc) is 3.40. The Bertz CT molecular complexity index is 907. The van der Waals surface area contributed by atoms with Crippen molar-refractivity contribution in [3.05, 3.63) is 12.7 Å². The van der Waals surface area contributed by atoms with E-state index in [9.17, 15) is 19.5 Å². The fourth-order valence-electron chi connectivity index (χ4n) is 7.64. The van der Waals surface area contributed by atoms with Gasteiger partial charge < -0.3 is 24.4 Å². The molecule has 3 fully saturated rings. The van der Waals surface area contributed by atoms with Crippen LogP contribution in [-0.2, 0) is 23.9 Å². The van der Waals surface area contributed by atoms with Gasteiger partial charge in [-0.1, -0.05) is 40.7 Å². The van der Waals surface area contributed by atoms with E-state index in [0.717, 1.165) is 6.42 Å². The summed E-state index contributed by atoms with van der Waals surface area (Å²) in [6, 6.07) is -1.49. The second-order valence-corrected chi connectivity index (χ2v) is 12.9. The first-order valence-corrected chi connectivity index (χ1v) is 13.9. The second kappa shape index (κ2) is 10.3. The van der Waals surface area contributed by atoms with Gasteiger partial charge in [0.05, 0.1) is 30.8 Å². The summed E-state index contributed by atoms with van der Waals surface area (Å²) in [6.07, 6.45) is 4.56. The van der Waals surface area contributed by atoms with E-state index in [2.05, 4.69) is 27.4 Å². The van der Waals surface area contributed by atoms with Crippen molar-refractivity contribution in [2.24, 2.45) is 17.3 Å². The number of carbonyl (C=O) groups excluding carboxylic acids is 3. The van der Waals surface area contributed by atoms with Gasteiger partial charge >= 0.3 is 5.97 Å². The van der Waals surface area contributed by atoms with Gasteiger partial charge in [0.15, 0.2) is 0 Å². The lowest BCUT2D eigenvalue weighted by atomic mass is 9.65. The monoisotopic (exact) mass is 520 g/mol. The molecule has 8 heteroatoms. The van der Waals surface area contributed by atoms with E-state index in [1.807, 2.05) is 32.6 Å². The van der Waals surface area contributed by atoms with E-state index in [4.69, 9.17) is 9.47 Å². The largest absolute Gasteiger partial charge is 0.466 e. The van der Waals surface area contributed by atoms with E-state index in [1.165, 1.54) is 0 Å². The minimum Gasteiger partial charge on any atom is -0.466 e. The molecule has 0 saturated carbocycles. The van der Waals surface area contributed by atoms with Crippen LogP contribution in [0.3, 0.4) is 0 Å². The third-order valence-electron chi connectivity index (χ3n) is 8.74. The molecule has 2 amide bonds. The molecule has 3 saturated heterocycles. The van der Waals surface area contributed by atoms with Gasteiger partial charge in [0.25, 0.3) is 0 Å². The SMILES string of the molecule is C=CCN(C(=O)C1N([C@@H](CC)CO)C(=O)[C@@H]2[C@H](C(=O)OCC)[C@]3(CC)CCC12O3)C(C)(C)CC(C)(C)C. The van der Waals surface area contributed by atoms with Crippen LogP contribution in [0.1, 0.15) is 87.5 Å². The number of aliphatic hydroxyl groups is 1. The molecule has 6 atom stereocenters. The number of likely N-dealkylation sites (tertiary alicyclic amines) is 1. The zero-order chi connectivity index (χ0) is 28.0. The van der Waals surface area contributed by atoms with Crippen LogP contribution >= 0.6 is 0 Å². The molecule has 2 unspecified atom stereocenters. The van der Waals surface area contributed by atoms with E-state index in [0.29, 0.717) is 32.2 Å². The molecule has 0 aliphatic carbocycles. The van der Waals surface area contributed by atoms with Gasteiger partial charge in [0.2, 0.25) is 11.8 Å². The highest BCUT2D eigenvalue weighted by atomic mass is 16.6. The van der Waals surface area contributed by atoms with Gasteiger partial charge in [-0.05, 0) is 58.3 Å². The Hall–Kier alpha value is -1.93. The number of esters is 1. The standard InChI is InChI=1S/C29H48N2O6/c1-10-16-30(27(8,9)18-26(5,6)7)24(34)22-29-15-14-28(12-3,37-29)21(25(35)36-13-4)20(29)23(33)31(22)19(11-2)17-32/h10,19-22,32H,1,11-18H2,2-9H3/t19-,20-,21+,22?,28-,29?/m0/s1. The Labute approximate surface area is 222 Å². The Kier molecular flexibility index (Phi) is 8.27. The molecule has 1 N–H and O–H groups in total. The summed E-state index contributed by atoms with van der Waals surface area (Å²) in [5, 5.41) is 10.3. The number of amides is 2. The molecule has 37 heavy (non-hydrogen) atoms. The number of ether oxygens (including phenoxy) is 2. The van der Waals surface area contributed by atoms with Crippen LogP contribution in [0, 0.1) is 17.3 Å². The lowest BCUT2D eigenvalue weighted by Gasteiger charge is -2.46. The molecule has 0 radical (unpaired) electrons. The zero-order valence-corrected chi connectivity index (χ0v) is 24.1. The number of hydrogen-bond acceptors (Lipinski definition) is 6. The summed E-state index contributed by atoms with van der Waals surface area (Å²) >= 11 is 0. The van der Waals surface area contributed by atoms with Crippen molar-refractivity contribution in [2.75, 3.05) is 19.8 Å². The van der Waals surface area contributed by atoms with Gasteiger partial charge in [-0.25, -0.2) is 0 Å². The Morgan fingerprint density at radius 2 is 1.89 bits per heavy atom. The molecule has 0 aromatic rings. The van der Waals surface area contributed by atoms with Crippen molar-refractivity contribution in [2.45, 2.75) is 116 Å². The summed E-state index contributed by atoms with van der Waals surface area (Å²) < 4.78 is 12.2. The minimum atomic E-state index is -1.14. The van der Waals surface area contributed by atoms with Crippen LogP contribution in [0.15, 0.2) is 12.7 Å². The van der Waals surface area contributed by atoms with E-state index < -0.39 is 46.6 Å². The van der Waals surface area contributed by atoms with Gasteiger partial charge in [-0.2, -0.15) is 0 Å². The fourth-order valence-corrected chi connectivity index (χ4v) is 7.64. The molecule has 3 aliphatic heterocycles. The molecular weight excluding hydrogens is 472 g/mol. The second-order valence-electron chi connectivity index (χ2n) is 12.9. The van der Waals surface area contributed by atoms with E-state index >= 15 is 0 Å². The zero-order valence-electron chi connectivity index (χ0n) is 24.1. The van der Waals surface area contributed by atoms with Crippen LogP contribution in [0.2, 0.25) is 0 Å². The smallest absolute Gasteiger partial charge is 0.312 e. The first-order valence-electron chi connectivity index (χ1n) is 13.9. The maximum atomic E-state index is 14.7. The maximum Gasteiger partial charge on any atom is 0.312 e. The molecule has 2 bridgehead atoms. The number of fused-ring (bicyclic) bond motifs is 1. The normalized spacial score (nSPS) is 31.9. The topological polar surface area (TPSA) is 96.4 Å². The number of aliphatic hydroxyl groups excluding tert-OH is 1. The highest BCUT2D eigenvalue weighted by Crippen LogP contribution is 2.65. The Morgan fingerprint density at radius 3 is 2.38 bits per heavy atom. The number of carbonyl (C=O) groups is 3. The van der Waals surface area contributed by atoms with Crippen LogP contribution in [0.5, 0.6) is 0 Å². The quantitative estimate of drug-likeness (QED) is 0.330. The van der Waals surface area contributed by atoms with E-state index in [-0.39, 0.29) is 30.4 Å². The predicted octanol–water partition coefficient (Wildman–Crippen LogP) is 3.70. The van der Waals surface area contributed by atoms with E-state index in [1.54, 1.807) is 17.9 Å². The molecule has 0 aromatic heterocycles.